The second-order valence-electron chi connectivity index (χ2n) is 7.64. The molecule has 1 aromatic heterocycles. The number of rotatable bonds is 3. The third-order valence-electron chi connectivity index (χ3n) is 5.64. The fraction of sp³-hybridized carbons (Fsp3) is 0.476. The largest absolute Gasteiger partial charge is 0.356 e. The lowest BCUT2D eigenvalue weighted by atomic mass is 10.2. The van der Waals surface area contributed by atoms with E-state index in [1.807, 2.05) is 6.92 Å². The Morgan fingerprint density at radius 3 is 2.24 bits per heavy atom. The number of nitrogens with zero attached hydrogens (tertiary/aromatic N) is 5. The third kappa shape index (κ3) is 4.26. The van der Waals surface area contributed by atoms with Crippen molar-refractivity contribution in [2.24, 2.45) is 0 Å². The molecule has 0 saturated carbocycles. The van der Waals surface area contributed by atoms with E-state index >= 15 is 0 Å². The number of urea groups is 1. The lowest BCUT2D eigenvalue weighted by Crippen LogP contribution is -2.50. The van der Waals surface area contributed by atoms with Crippen LogP contribution in [0.25, 0.3) is 0 Å². The Morgan fingerprint density at radius 2 is 1.59 bits per heavy atom. The third-order valence-corrected chi connectivity index (χ3v) is 5.64. The maximum Gasteiger partial charge on any atom is 0.321 e. The number of amides is 2. The molecule has 0 radical (unpaired) electrons. The number of piperazine rings is 1. The summed E-state index contributed by atoms with van der Waals surface area (Å²) in [6.45, 7) is 8.25. The van der Waals surface area contributed by atoms with Gasteiger partial charge in [0.15, 0.2) is 0 Å². The highest BCUT2D eigenvalue weighted by Gasteiger charge is 2.24. The first-order valence-corrected chi connectivity index (χ1v) is 10.2. The molecule has 1 N–H and O–H groups in total. The predicted molar refractivity (Wildman–Crippen MR) is 112 cm³/mol. The van der Waals surface area contributed by atoms with Crippen LogP contribution in [-0.4, -0.2) is 60.2 Å². The molecule has 0 aliphatic carbocycles. The molecule has 8 heteroatoms. The van der Waals surface area contributed by atoms with Gasteiger partial charge in [-0.25, -0.2) is 19.2 Å². The van der Waals surface area contributed by atoms with E-state index in [1.54, 1.807) is 24.0 Å². The molecule has 3 heterocycles. The topological polar surface area (TPSA) is 64.6 Å². The number of hydrogen-bond acceptors (Lipinski definition) is 5. The Labute approximate surface area is 170 Å². The van der Waals surface area contributed by atoms with Crippen LogP contribution in [-0.2, 0) is 0 Å². The van der Waals surface area contributed by atoms with E-state index in [9.17, 15) is 9.18 Å². The zero-order chi connectivity index (χ0) is 20.4. The van der Waals surface area contributed by atoms with Gasteiger partial charge in [0.2, 0.25) is 0 Å². The monoisotopic (exact) mass is 398 g/mol. The molecule has 29 heavy (non-hydrogen) atoms. The van der Waals surface area contributed by atoms with Crippen molar-refractivity contribution < 1.29 is 9.18 Å². The van der Waals surface area contributed by atoms with Gasteiger partial charge in [-0.15, -0.1) is 0 Å². The molecule has 0 spiro atoms. The Balaban J connectivity index is 1.39. The molecular formula is C21H27FN6O. The number of anilines is 3. The molecule has 2 aliphatic heterocycles. The number of nitrogens with one attached hydrogen (secondary N) is 1. The summed E-state index contributed by atoms with van der Waals surface area (Å²) in [6, 6.07) is 6.57. The first kappa shape index (κ1) is 19.4. The molecule has 2 aromatic rings. The van der Waals surface area contributed by atoms with Gasteiger partial charge in [0.25, 0.3) is 0 Å². The van der Waals surface area contributed by atoms with Crippen LogP contribution in [0.5, 0.6) is 0 Å². The van der Waals surface area contributed by atoms with Crippen molar-refractivity contribution in [1.29, 1.82) is 0 Å². The lowest BCUT2D eigenvalue weighted by Gasteiger charge is -2.35. The van der Waals surface area contributed by atoms with E-state index in [1.165, 1.54) is 18.9 Å². The molecular weight excluding hydrogens is 371 g/mol. The first-order valence-electron chi connectivity index (χ1n) is 10.2. The van der Waals surface area contributed by atoms with Crippen LogP contribution in [0.3, 0.4) is 0 Å². The maximum atomic E-state index is 13.7. The van der Waals surface area contributed by atoms with Crippen molar-refractivity contribution in [3.8, 4) is 0 Å². The highest BCUT2D eigenvalue weighted by Crippen LogP contribution is 2.24. The van der Waals surface area contributed by atoms with E-state index in [2.05, 4.69) is 31.2 Å². The van der Waals surface area contributed by atoms with E-state index < -0.39 is 0 Å². The van der Waals surface area contributed by atoms with Gasteiger partial charge in [-0.3, -0.25) is 0 Å². The van der Waals surface area contributed by atoms with Crippen LogP contribution in [0.1, 0.15) is 24.2 Å². The number of carbonyl (C=O) groups excluding carboxylic acids is 1. The Hall–Kier alpha value is -2.90. The summed E-state index contributed by atoms with van der Waals surface area (Å²) >= 11 is 0. The van der Waals surface area contributed by atoms with E-state index in [4.69, 9.17) is 0 Å². The van der Waals surface area contributed by atoms with Crippen LogP contribution in [0.4, 0.5) is 26.5 Å². The smallest absolute Gasteiger partial charge is 0.321 e. The molecule has 2 aliphatic rings. The summed E-state index contributed by atoms with van der Waals surface area (Å²) in [5.74, 6) is 2.36. The molecule has 0 bridgehead atoms. The van der Waals surface area contributed by atoms with E-state index in [0.717, 1.165) is 30.5 Å². The highest BCUT2D eigenvalue weighted by molar-refractivity contribution is 5.90. The van der Waals surface area contributed by atoms with Gasteiger partial charge in [0, 0.05) is 56.6 Å². The molecule has 4 rings (SSSR count). The van der Waals surface area contributed by atoms with Crippen molar-refractivity contribution >= 4 is 23.4 Å². The van der Waals surface area contributed by atoms with E-state index in [-0.39, 0.29) is 11.8 Å². The summed E-state index contributed by atoms with van der Waals surface area (Å²) in [5.41, 5.74) is 0.962. The number of hydrogen-bond donors (Lipinski definition) is 1. The van der Waals surface area contributed by atoms with Crippen LogP contribution < -0.4 is 15.1 Å². The van der Waals surface area contributed by atoms with Gasteiger partial charge < -0.3 is 20.0 Å². The number of aryl methyl sites for hydroxylation is 1. The molecule has 1 aromatic carbocycles. The molecule has 0 unspecified atom stereocenters. The quantitative estimate of drug-likeness (QED) is 0.860. The van der Waals surface area contributed by atoms with Crippen LogP contribution in [0.15, 0.2) is 24.3 Å². The van der Waals surface area contributed by atoms with Crippen molar-refractivity contribution in [2.45, 2.75) is 26.7 Å². The van der Waals surface area contributed by atoms with Crippen LogP contribution >= 0.6 is 0 Å². The normalized spacial score (nSPS) is 17.0. The van der Waals surface area contributed by atoms with Crippen molar-refractivity contribution in [3.05, 3.63) is 41.5 Å². The summed E-state index contributed by atoms with van der Waals surface area (Å²) in [7, 11) is 0. The minimum Gasteiger partial charge on any atom is -0.356 e. The molecule has 154 valence electrons. The Kier molecular flexibility index (Phi) is 5.51. The standard InChI is InChI=1S/C21H27FN6O/c1-15-17(22)6-5-7-18(15)25-21(29)28-12-10-27(11-13-28)20-14-19(23-16(2)24-20)26-8-3-4-9-26/h5-7,14H,3-4,8-13H2,1-2H3,(H,25,29). The number of aromatic nitrogens is 2. The molecule has 2 saturated heterocycles. The highest BCUT2D eigenvalue weighted by atomic mass is 19.1. The predicted octanol–water partition coefficient (Wildman–Crippen LogP) is 3.19. The summed E-state index contributed by atoms with van der Waals surface area (Å²) < 4.78 is 13.7. The SMILES string of the molecule is Cc1nc(N2CCCC2)cc(N2CCN(C(=O)Nc3cccc(F)c3C)CC2)n1. The Bertz CT molecular complexity index is 891. The van der Waals surface area contributed by atoms with Gasteiger partial charge in [0.1, 0.15) is 23.3 Å². The van der Waals surface area contributed by atoms with Crippen molar-refractivity contribution in [3.63, 3.8) is 0 Å². The van der Waals surface area contributed by atoms with Gasteiger partial charge in [-0.1, -0.05) is 6.07 Å². The summed E-state index contributed by atoms with van der Waals surface area (Å²) in [6.07, 6.45) is 2.41. The number of halogens is 1. The molecule has 2 fully saturated rings. The van der Waals surface area contributed by atoms with Gasteiger partial charge in [-0.05, 0) is 38.8 Å². The molecule has 2 amide bonds. The minimum absolute atomic E-state index is 0.199. The van der Waals surface area contributed by atoms with Crippen molar-refractivity contribution in [2.75, 3.05) is 54.4 Å². The number of carbonyl (C=O) groups is 1. The molecule has 0 atom stereocenters. The fourth-order valence-electron chi connectivity index (χ4n) is 3.88. The maximum absolute atomic E-state index is 13.7. The van der Waals surface area contributed by atoms with E-state index in [0.29, 0.717) is 37.4 Å². The number of benzene rings is 1. The van der Waals surface area contributed by atoms with Gasteiger partial charge in [0.05, 0.1) is 0 Å². The summed E-state index contributed by atoms with van der Waals surface area (Å²) in [5, 5.41) is 2.83. The molecule has 7 nitrogen and oxygen atoms in total. The van der Waals surface area contributed by atoms with Gasteiger partial charge >= 0.3 is 6.03 Å². The zero-order valence-electron chi connectivity index (χ0n) is 17.0. The van der Waals surface area contributed by atoms with Crippen LogP contribution in [0.2, 0.25) is 0 Å². The second kappa shape index (κ2) is 8.23. The average Bonchev–Trinajstić information content (AvgIpc) is 3.26. The van der Waals surface area contributed by atoms with Crippen LogP contribution in [0, 0.1) is 19.7 Å². The summed E-state index contributed by atoms with van der Waals surface area (Å²) in [4.78, 5) is 28.1. The second-order valence-corrected chi connectivity index (χ2v) is 7.64. The van der Waals surface area contributed by atoms with Gasteiger partial charge in [-0.2, -0.15) is 0 Å². The fourth-order valence-corrected chi connectivity index (χ4v) is 3.88. The Morgan fingerprint density at radius 1 is 0.966 bits per heavy atom. The lowest BCUT2D eigenvalue weighted by molar-refractivity contribution is 0.208. The first-order chi connectivity index (χ1) is 14.0. The minimum atomic E-state index is -0.319. The van der Waals surface area contributed by atoms with Crippen molar-refractivity contribution in [1.82, 2.24) is 14.9 Å². The zero-order valence-corrected chi connectivity index (χ0v) is 17.0. The average molecular weight is 398 g/mol.